The van der Waals surface area contributed by atoms with Gasteiger partial charge in [0, 0.05) is 0 Å². The summed E-state index contributed by atoms with van der Waals surface area (Å²) in [5.41, 5.74) is -0.455. The first-order valence-electron chi connectivity index (χ1n) is 3.34. The molecule has 13 heavy (non-hydrogen) atoms. The Hall–Kier alpha value is -1.72. The van der Waals surface area contributed by atoms with Gasteiger partial charge in [0.25, 0.3) is 0 Å². The molecule has 0 amide bonds. The average Bonchev–Trinajstić information content (AvgIpc) is 2.16. The van der Waals surface area contributed by atoms with Crippen LogP contribution in [0.1, 0.15) is 10.5 Å². The standard InChI is InChI=1S/C7H7FN2O3/c1-12-4-3-9-5(6(8)10-4)7(11)13-2/h3H,1-2H3. The molecule has 0 radical (unpaired) electrons. The van der Waals surface area contributed by atoms with E-state index in [0.717, 1.165) is 13.3 Å². The second-order valence-electron chi connectivity index (χ2n) is 2.04. The number of esters is 1. The first kappa shape index (κ1) is 9.37. The molecule has 1 aromatic heterocycles. The molecule has 0 aliphatic carbocycles. The molecular weight excluding hydrogens is 179 g/mol. The van der Waals surface area contributed by atoms with Crippen molar-refractivity contribution >= 4 is 5.97 Å². The summed E-state index contributed by atoms with van der Waals surface area (Å²) in [4.78, 5) is 17.6. The topological polar surface area (TPSA) is 61.3 Å². The molecule has 0 saturated carbocycles. The van der Waals surface area contributed by atoms with Crippen LogP contribution in [-0.2, 0) is 4.74 Å². The Balaban J connectivity index is 3.05. The number of nitrogens with zero attached hydrogens (tertiary/aromatic N) is 2. The molecule has 5 nitrogen and oxygen atoms in total. The quantitative estimate of drug-likeness (QED) is 0.626. The minimum atomic E-state index is -1.01. The number of carbonyl (C=O) groups is 1. The van der Waals surface area contributed by atoms with E-state index >= 15 is 0 Å². The summed E-state index contributed by atoms with van der Waals surface area (Å²) in [6.07, 6.45) is 1.13. The molecule has 1 heterocycles. The van der Waals surface area contributed by atoms with Gasteiger partial charge in [0.15, 0.2) is 0 Å². The van der Waals surface area contributed by atoms with Crippen molar-refractivity contribution < 1.29 is 18.7 Å². The molecule has 1 rings (SSSR count). The molecule has 0 bridgehead atoms. The fraction of sp³-hybridized carbons (Fsp3) is 0.286. The van der Waals surface area contributed by atoms with Crippen molar-refractivity contribution in [1.29, 1.82) is 0 Å². The highest BCUT2D eigenvalue weighted by Gasteiger charge is 2.15. The number of hydrogen-bond donors (Lipinski definition) is 0. The monoisotopic (exact) mass is 186 g/mol. The third-order valence-electron chi connectivity index (χ3n) is 1.30. The van der Waals surface area contributed by atoms with Crippen LogP contribution < -0.4 is 4.74 Å². The minimum absolute atomic E-state index is 0.00477. The largest absolute Gasteiger partial charge is 0.480 e. The number of halogens is 1. The normalized spacial score (nSPS) is 9.46. The highest BCUT2D eigenvalue weighted by molar-refractivity contribution is 5.86. The highest BCUT2D eigenvalue weighted by atomic mass is 19.1. The van der Waals surface area contributed by atoms with Gasteiger partial charge in [0.2, 0.25) is 17.5 Å². The Labute approximate surface area is 73.5 Å². The molecule has 0 spiro atoms. The number of ether oxygens (including phenoxy) is 2. The Morgan fingerprint density at radius 2 is 2.23 bits per heavy atom. The average molecular weight is 186 g/mol. The summed E-state index contributed by atoms with van der Waals surface area (Å²) in [6, 6.07) is 0. The number of methoxy groups -OCH3 is 2. The zero-order valence-electron chi connectivity index (χ0n) is 7.07. The molecule has 0 aliphatic heterocycles. The third kappa shape index (κ3) is 1.90. The Morgan fingerprint density at radius 3 is 2.69 bits per heavy atom. The van der Waals surface area contributed by atoms with E-state index in [9.17, 15) is 9.18 Å². The fourth-order valence-corrected chi connectivity index (χ4v) is 0.684. The molecule has 70 valence electrons. The van der Waals surface area contributed by atoms with Gasteiger partial charge in [-0.2, -0.15) is 9.37 Å². The first-order chi connectivity index (χ1) is 6.19. The zero-order chi connectivity index (χ0) is 9.84. The van der Waals surface area contributed by atoms with E-state index in [-0.39, 0.29) is 5.88 Å². The van der Waals surface area contributed by atoms with Crippen LogP contribution in [0.4, 0.5) is 4.39 Å². The molecular formula is C7H7FN2O3. The zero-order valence-corrected chi connectivity index (χ0v) is 7.07. The summed E-state index contributed by atoms with van der Waals surface area (Å²) < 4.78 is 21.8. The molecule has 0 atom stereocenters. The molecule has 0 N–H and O–H groups in total. The van der Waals surface area contributed by atoms with E-state index in [1.54, 1.807) is 0 Å². The van der Waals surface area contributed by atoms with Crippen molar-refractivity contribution in [3.05, 3.63) is 17.8 Å². The van der Waals surface area contributed by atoms with Gasteiger partial charge in [0.1, 0.15) is 0 Å². The highest BCUT2D eigenvalue weighted by Crippen LogP contribution is 2.08. The van der Waals surface area contributed by atoms with Crippen molar-refractivity contribution in [2.75, 3.05) is 14.2 Å². The van der Waals surface area contributed by atoms with Gasteiger partial charge in [-0.15, -0.1) is 0 Å². The minimum Gasteiger partial charge on any atom is -0.480 e. The van der Waals surface area contributed by atoms with Crippen LogP contribution in [0.25, 0.3) is 0 Å². The second kappa shape index (κ2) is 3.79. The fourth-order valence-electron chi connectivity index (χ4n) is 0.684. The van der Waals surface area contributed by atoms with Gasteiger partial charge in [-0.1, -0.05) is 0 Å². The molecule has 0 fully saturated rings. The van der Waals surface area contributed by atoms with Crippen molar-refractivity contribution in [2.24, 2.45) is 0 Å². The van der Waals surface area contributed by atoms with Crippen LogP contribution in [0, 0.1) is 5.95 Å². The lowest BCUT2D eigenvalue weighted by Gasteiger charge is -2.00. The van der Waals surface area contributed by atoms with Gasteiger partial charge in [0.05, 0.1) is 20.4 Å². The van der Waals surface area contributed by atoms with Gasteiger partial charge in [-0.3, -0.25) is 0 Å². The lowest BCUT2D eigenvalue weighted by molar-refractivity contribution is 0.0586. The van der Waals surface area contributed by atoms with Gasteiger partial charge >= 0.3 is 5.97 Å². The van der Waals surface area contributed by atoms with E-state index in [1.165, 1.54) is 7.11 Å². The van der Waals surface area contributed by atoms with Crippen LogP contribution in [0.15, 0.2) is 6.20 Å². The molecule has 0 saturated heterocycles. The number of hydrogen-bond acceptors (Lipinski definition) is 5. The predicted molar refractivity (Wildman–Crippen MR) is 39.9 cm³/mol. The molecule has 1 aromatic rings. The molecule has 0 aliphatic rings. The summed E-state index contributed by atoms with van der Waals surface area (Å²) in [5.74, 6) is -1.87. The van der Waals surface area contributed by atoms with E-state index in [4.69, 9.17) is 0 Å². The van der Waals surface area contributed by atoms with Crippen molar-refractivity contribution in [3.8, 4) is 5.88 Å². The number of rotatable bonds is 2. The Kier molecular flexibility index (Phi) is 2.73. The van der Waals surface area contributed by atoms with Crippen LogP contribution in [0.3, 0.4) is 0 Å². The van der Waals surface area contributed by atoms with Gasteiger partial charge in [-0.05, 0) is 0 Å². The third-order valence-corrected chi connectivity index (χ3v) is 1.30. The summed E-state index contributed by atoms with van der Waals surface area (Å²) in [5, 5.41) is 0. The van der Waals surface area contributed by atoms with Crippen LogP contribution in [0.5, 0.6) is 5.88 Å². The SMILES string of the molecule is COC(=O)c1ncc(OC)nc1F. The smallest absolute Gasteiger partial charge is 0.361 e. The van der Waals surface area contributed by atoms with Crippen molar-refractivity contribution in [3.63, 3.8) is 0 Å². The number of aromatic nitrogens is 2. The Bertz CT molecular complexity index is 330. The van der Waals surface area contributed by atoms with E-state index in [1.807, 2.05) is 0 Å². The maximum atomic E-state index is 12.9. The van der Waals surface area contributed by atoms with Crippen LogP contribution in [0.2, 0.25) is 0 Å². The van der Waals surface area contributed by atoms with E-state index < -0.39 is 17.6 Å². The van der Waals surface area contributed by atoms with Gasteiger partial charge in [-0.25, -0.2) is 9.78 Å². The summed E-state index contributed by atoms with van der Waals surface area (Å²) >= 11 is 0. The lowest BCUT2D eigenvalue weighted by Crippen LogP contribution is -2.09. The molecule has 0 unspecified atom stereocenters. The lowest BCUT2D eigenvalue weighted by atomic mass is 10.4. The number of carbonyl (C=O) groups excluding carboxylic acids is 1. The van der Waals surface area contributed by atoms with Gasteiger partial charge < -0.3 is 9.47 Å². The Morgan fingerprint density at radius 1 is 1.54 bits per heavy atom. The summed E-state index contributed by atoms with van der Waals surface area (Å²) in [6.45, 7) is 0. The summed E-state index contributed by atoms with van der Waals surface area (Å²) in [7, 11) is 2.45. The second-order valence-corrected chi connectivity index (χ2v) is 2.04. The van der Waals surface area contributed by atoms with E-state index in [0.29, 0.717) is 0 Å². The van der Waals surface area contributed by atoms with Crippen LogP contribution >= 0.6 is 0 Å². The molecule has 0 aromatic carbocycles. The van der Waals surface area contributed by atoms with Crippen molar-refractivity contribution in [2.45, 2.75) is 0 Å². The van der Waals surface area contributed by atoms with Crippen molar-refractivity contribution in [1.82, 2.24) is 9.97 Å². The van der Waals surface area contributed by atoms with Crippen LogP contribution in [-0.4, -0.2) is 30.2 Å². The molecule has 6 heteroatoms. The maximum Gasteiger partial charge on any atom is 0.361 e. The van der Waals surface area contributed by atoms with E-state index in [2.05, 4.69) is 19.4 Å². The predicted octanol–water partition coefficient (Wildman–Crippen LogP) is 0.411. The maximum absolute atomic E-state index is 12.9. The first-order valence-corrected chi connectivity index (χ1v) is 3.34.